The maximum Gasteiger partial charge on any atom is 0.258 e. The minimum Gasteiger partial charge on any atom is -0.497 e. The van der Waals surface area contributed by atoms with Crippen LogP contribution in [0.2, 0.25) is 0 Å². The Kier molecular flexibility index (Phi) is 5.57. The van der Waals surface area contributed by atoms with Crippen molar-refractivity contribution in [3.05, 3.63) is 70.3 Å². The van der Waals surface area contributed by atoms with Crippen molar-refractivity contribution in [2.45, 2.75) is 6.42 Å². The van der Waals surface area contributed by atoms with E-state index in [2.05, 4.69) is 14.9 Å². The normalized spacial score (nSPS) is 14.9. The second-order valence-corrected chi connectivity index (χ2v) is 7.15. The number of benzene rings is 2. The minimum absolute atomic E-state index is 0.0316. The summed E-state index contributed by atoms with van der Waals surface area (Å²) in [5.74, 6) is 1.42. The molecule has 1 amide bonds. The smallest absolute Gasteiger partial charge is 0.258 e. The molecule has 0 spiro atoms. The van der Waals surface area contributed by atoms with Crippen LogP contribution in [0.4, 0.5) is 0 Å². The molecule has 1 aliphatic rings. The molecule has 0 aliphatic carbocycles. The van der Waals surface area contributed by atoms with Gasteiger partial charge in [0.05, 0.1) is 18.0 Å². The maximum atomic E-state index is 12.7. The van der Waals surface area contributed by atoms with Crippen LogP contribution in [-0.2, 0) is 6.42 Å². The summed E-state index contributed by atoms with van der Waals surface area (Å²) in [7, 11) is 1.60. The summed E-state index contributed by atoms with van der Waals surface area (Å²) in [6.45, 7) is 3.75. The lowest BCUT2D eigenvalue weighted by Crippen LogP contribution is -2.49. The quantitative estimate of drug-likeness (QED) is 0.718. The second-order valence-electron chi connectivity index (χ2n) is 7.15. The Morgan fingerprint density at radius 1 is 1.10 bits per heavy atom. The van der Waals surface area contributed by atoms with Gasteiger partial charge in [0, 0.05) is 44.7 Å². The number of methoxy groups -OCH3 is 1. The molecule has 150 valence electrons. The van der Waals surface area contributed by atoms with E-state index >= 15 is 0 Å². The summed E-state index contributed by atoms with van der Waals surface area (Å²) in [5.41, 5.74) is 1.27. The first-order valence-electron chi connectivity index (χ1n) is 9.77. The van der Waals surface area contributed by atoms with E-state index in [-0.39, 0.29) is 11.5 Å². The first kappa shape index (κ1) is 19.1. The zero-order valence-corrected chi connectivity index (χ0v) is 16.4. The van der Waals surface area contributed by atoms with Gasteiger partial charge in [-0.1, -0.05) is 18.2 Å². The fourth-order valence-electron chi connectivity index (χ4n) is 3.63. The summed E-state index contributed by atoms with van der Waals surface area (Å²) in [6, 6.07) is 14.6. The molecule has 3 aromatic rings. The van der Waals surface area contributed by atoms with E-state index in [9.17, 15) is 9.59 Å². The number of rotatable bonds is 5. The van der Waals surface area contributed by atoms with Crippen molar-refractivity contribution in [2.24, 2.45) is 0 Å². The largest absolute Gasteiger partial charge is 0.497 e. The van der Waals surface area contributed by atoms with Crippen molar-refractivity contribution >= 4 is 16.8 Å². The molecule has 0 radical (unpaired) electrons. The molecular formula is C22H24N4O3. The van der Waals surface area contributed by atoms with Crippen LogP contribution in [0, 0.1) is 0 Å². The molecule has 2 heterocycles. The van der Waals surface area contributed by atoms with Gasteiger partial charge >= 0.3 is 0 Å². The second kappa shape index (κ2) is 8.45. The van der Waals surface area contributed by atoms with Crippen LogP contribution in [0.5, 0.6) is 5.75 Å². The lowest BCUT2D eigenvalue weighted by Gasteiger charge is -2.34. The average Bonchev–Trinajstić information content (AvgIpc) is 2.77. The molecule has 2 aromatic carbocycles. The van der Waals surface area contributed by atoms with Gasteiger partial charge < -0.3 is 14.6 Å². The van der Waals surface area contributed by atoms with Gasteiger partial charge in [-0.25, -0.2) is 4.98 Å². The van der Waals surface area contributed by atoms with Crippen molar-refractivity contribution in [3.8, 4) is 5.75 Å². The molecule has 0 atom stereocenters. The average molecular weight is 392 g/mol. The zero-order valence-electron chi connectivity index (χ0n) is 16.4. The van der Waals surface area contributed by atoms with Crippen LogP contribution in [-0.4, -0.2) is 65.5 Å². The van der Waals surface area contributed by atoms with Gasteiger partial charge in [-0.2, -0.15) is 0 Å². The van der Waals surface area contributed by atoms with E-state index < -0.39 is 0 Å². The molecule has 0 unspecified atom stereocenters. The number of piperazine rings is 1. The number of aromatic nitrogens is 2. The molecule has 0 bridgehead atoms. The molecule has 1 fully saturated rings. The Labute approximate surface area is 168 Å². The highest BCUT2D eigenvalue weighted by Crippen LogP contribution is 2.15. The standard InChI is InChI=1S/C22H24N4O3/c1-29-17-6-4-5-16(15-17)22(28)26-13-11-25(12-14-26)10-9-20-23-19-8-3-2-7-18(19)21(27)24-20/h2-8,15H,9-14H2,1H3,(H,23,24,27). The third-order valence-corrected chi connectivity index (χ3v) is 5.30. The number of fused-ring (bicyclic) bond motifs is 1. The topological polar surface area (TPSA) is 78.5 Å². The first-order valence-corrected chi connectivity index (χ1v) is 9.77. The van der Waals surface area contributed by atoms with Crippen molar-refractivity contribution < 1.29 is 9.53 Å². The van der Waals surface area contributed by atoms with E-state index in [1.165, 1.54) is 0 Å². The molecule has 1 aromatic heterocycles. The molecule has 7 nitrogen and oxygen atoms in total. The summed E-state index contributed by atoms with van der Waals surface area (Å²) >= 11 is 0. The van der Waals surface area contributed by atoms with Crippen LogP contribution in [0.1, 0.15) is 16.2 Å². The molecule has 29 heavy (non-hydrogen) atoms. The molecule has 7 heteroatoms. The van der Waals surface area contributed by atoms with Gasteiger partial charge in [0.2, 0.25) is 0 Å². The number of para-hydroxylation sites is 1. The van der Waals surface area contributed by atoms with Crippen LogP contribution in [0.3, 0.4) is 0 Å². The van der Waals surface area contributed by atoms with E-state index in [0.29, 0.717) is 42.0 Å². The van der Waals surface area contributed by atoms with Crippen molar-refractivity contribution in [2.75, 3.05) is 39.8 Å². The van der Waals surface area contributed by atoms with Crippen molar-refractivity contribution in [1.29, 1.82) is 0 Å². The van der Waals surface area contributed by atoms with Gasteiger partial charge in [-0.15, -0.1) is 0 Å². The number of carbonyl (C=O) groups is 1. The number of ether oxygens (including phenoxy) is 1. The Hall–Kier alpha value is -3.19. The Morgan fingerprint density at radius 3 is 2.69 bits per heavy atom. The third kappa shape index (κ3) is 4.30. The maximum absolute atomic E-state index is 12.7. The van der Waals surface area contributed by atoms with E-state index in [4.69, 9.17) is 4.74 Å². The lowest BCUT2D eigenvalue weighted by molar-refractivity contribution is 0.0637. The van der Waals surface area contributed by atoms with Gasteiger partial charge in [0.1, 0.15) is 11.6 Å². The molecule has 0 saturated carbocycles. The fourth-order valence-corrected chi connectivity index (χ4v) is 3.63. The molecule has 1 aliphatic heterocycles. The summed E-state index contributed by atoms with van der Waals surface area (Å²) in [6.07, 6.45) is 0.671. The number of carbonyl (C=O) groups excluding carboxylic acids is 1. The highest BCUT2D eigenvalue weighted by atomic mass is 16.5. The van der Waals surface area contributed by atoms with Gasteiger partial charge in [-0.3, -0.25) is 14.5 Å². The SMILES string of the molecule is COc1cccc(C(=O)N2CCN(CCc3nc4ccccc4c(=O)[nH]3)CC2)c1. The predicted octanol–water partition coefficient (Wildman–Crippen LogP) is 1.93. The van der Waals surface area contributed by atoms with Crippen molar-refractivity contribution in [3.63, 3.8) is 0 Å². The van der Waals surface area contributed by atoms with Crippen molar-refractivity contribution in [1.82, 2.24) is 19.8 Å². The number of H-pyrrole nitrogens is 1. The lowest BCUT2D eigenvalue weighted by atomic mass is 10.1. The first-order chi connectivity index (χ1) is 14.1. The van der Waals surface area contributed by atoms with E-state index in [0.717, 1.165) is 25.2 Å². The minimum atomic E-state index is -0.0979. The van der Waals surface area contributed by atoms with Crippen LogP contribution in [0.15, 0.2) is 53.3 Å². The third-order valence-electron chi connectivity index (χ3n) is 5.30. The Morgan fingerprint density at radius 2 is 1.90 bits per heavy atom. The molecular weight excluding hydrogens is 368 g/mol. The monoisotopic (exact) mass is 392 g/mol. The molecule has 4 rings (SSSR count). The van der Waals surface area contributed by atoms with Crippen LogP contribution >= 0.6 is 0 Å². The van der Waals surface area contributed by atoms with Gasteiger partial charge in [0.25, 0.3) is 11.5 Å². The van der Waals surface area contributed by atoms with Crippen LogP contribution < -0.4 is 10.3 Å². The highest BCUT2D eigenvalue weighted by Gasteiger charge is 2.22. The number of hydrogen-bond donors (Lipinski definition) is 1. The highest BCUT2D eigenvalue weighted by molar-refractivity contribution is 5.94. The number of hydrogen-bond acceptors (Lipinski definition) is 5. The number of nitrogens with one attached hydrogen (secondary N) is 1. The fraction of sp³-hybridized carbons (Fsp3) is 0.318. The zero-order chi connectivity index (χ0) is 20.2. The van der Waals surface area contributed by atoms with Gasteiger partial charge in [-0.05, 0) is 30.3 Å². The summed E-state index contributed by atoms with van der Waals surface area (Å²) < 4.78 is 5.21. The Balaban J connectivity index is 1.33. The van der Waals surface area contributed by atoms with Crippen LogP contribution in [0.25, 0.3) is 10.9 Å². The number of nitrogens with zero attached hydrogens (tertiary/aromatic N) is 3. The predicted molar refractivity (Wildman–Crippen MR) is 111 cm³/mol. The number of aromatic amines is 1. The number of amides is 1. The van der Waals surface area contributed by atoms with Gasteiger partial charge in [0.15, 0.2) is 0 Å². The van der Waals surface area contributed by atoms with E-state index in [1.807, 2.05) is 41.3 Å². The summed E-state index contributed by atoms with van der Waals surface area (Å²) in [4.78, 5) is 36.5. The molecule has 1 N–H and O–H groups in total. The summed E-state index contributed by atoms with van der Waals surface area (Å²) in [5, 5.41) is 0.612. The Bertz CT molecular complexity index is 1070. The van der Waals surface area contributed by atoms with E-state index in [1.54, 1.807) is 19.2 Å². The molecule has 1 saturated heterocycles.